The summed E-state index contributed by atoms with van der Waals surface area (Å²) in [6.45, 7) is 9.21. The molecule has 0 radical (unpaired) electrons. The third-order valence-electron chi connectivity index (χ3n) is 6.39. The summed E-state index contributed by atoms with van der Waals surface area (Å²) in [7, 11) is 0. The fourth-order valence-corrected chi connectivity index (χ4v) is 4.57. The first-order valence-corrected chi connectivity index (χ1v) is 12.2. The molecule has 1 aliphatic heterocycles. The molecule has 0 saturated carbocycles. The first kappa shape index (κ1) is 25.1. The highest BCUT2D eigenvalue weighted by atomic mass is 16.6. The molecule has 0 spiro atoms. The molecule has 1 aromatic carbocycles. The fourth-order valence-electron chi connectivity index (χ4n) is 4.57. The molecule has 1 aliphatic carbocycles. The minimum Gasteiger partial charge on any atom is -0.378 e. The van der Waals surface area contributed by atoms with Gasteiger partial charge in [0.05, 0.1) is 24.4 Å². The predicted molar refractivity (Wildman–Crippen MR) is 142 cm³/mol. The van der Waals surface area contributed by atoms with Crippen molar-refractivity contribution < 1.29 is 9.66 Å². The first-order chi connectivity index (χ1) is 17.5. The van der Waals surface area contributed by atoms with Gasteiger partial charge < -0.3 is 20.3 Å². The van der Waals surface area contributed by atoms with Gasteiger partial charge in [0.2, 0.25) is 11.6 Å². The zero-order valence-corrected chi connectivity index (χ0v) is 20.7. The Morgan fingerprint density at radius 3 is 2.58 bits per heavy atom. The summed E-state index contributed by atoms with van der Waals surface area (Å²) < 4.78 is 5.57. The number of nitrogens with zero attached hydrogens (tertiary/aromatic N) is 6. The number of hydrogen-bond donors (Lipinski definition) is 2. The Morgan fingerprint density at radius 2 is 1.92 bits per heavy atom. The lowest BCUT2D eigenvalue weighted by Gasteiger charge is -2.31. The van der Waals surface area contributed by atoms with Crippen molar-refractivity contribution in [3.8, 4) is 0 Å². The quantitative estimate of drug-likeness (QED) is 0.305. The predicted octanol–water partition coefficient (Wildman–Crippen LogP) is 3.67. The van der Waals surface area contributed by atoms with Crippen LogP contribution in [0.3, 0.4) is 0 Å². The minimum atomic E-state index is -0.618. The number of hydrogen-bond acceptors (Lipinski definition) is 10. The number of nitro groups is 1. The maximum atomic E-state index is 11.3. The maximum absolute atomic E-state index is 11.3. The Morgan fingerprint density at radius 1 is 1.19 bits per heavy atom. The van der Waals surface area contributed by atoms with Crippen LogP contribution in [0.2, 0.25) is 0 Å². The smallest absolute Gasteiger partial charge is 0.354 e. The Kier molecular flexibility index (Phi) is 8.11. The Labute approximate surface area is 210 Å². The molecular formula is C25H32N8O3. The first-order valence-electron chi connectivity index (χ1n) is 12.2. The second-order valence-corrected chi connectivity index (χ2v) is 8.49. The topological polar surface area (TPSA) is 135 Å². The molecule has 0 unspecified atom stereocenters. The summed E-state index contributed by atoms with van der Waals surface area (Å²) in [5, 5.41) is 15.6. The van der Waals surface area contributed by atoms with Gasteiger partial charge in [-0.1, -0.05) is 12.1 Å². The van der Waals surface area contributed by atoms with Gasteiger partial charge >= 0.3 is 5.69 Å². The number of anilines is 3. The molecule has 4 rings (SSSR count). The van der Waals surface area contributed by atoms with Gasteiger partial charge in [0.1, 0.15) is 6.33 Å². The number of nitrogens with one attached hydrogen (secondary N) is 1. The van der Waals surface area contributed by atoms with Gasteiger partial charge in [0.25, 0.3) is 0 Å². The average molecular weight is 493 g/mol. The summed E-state index contributed by atoms with van der Waals surface area (Å²) in [5.74, 6) is -0.252. The molecule has 11 heteroatoms. The zero-order valence-electron chi connectivity index (χ0n) is 20.7. The number of morpholine rings is 1. The van der Waals surface area contributed by atoms with Crippen LogP contribution in [0.4, 0.5) is 23.0 Å². The minimum absolute atomic E-state index is 0.0423. The van der Waals surface area contributed by atoms with Crippen molar-refractivity contribution in [3.05, 3.63) is 63.1 Å². The summed E-state index contributed by atoms with van der Waals surface area (Å²) in [5.41, 5.74) is 13.7. The van der Waals surface area contributed by atoms with Crippen LogP contribution in [0.1, 0.15) is 32.3 Å². The lowest BCUT2D eigenvalue weighted by molar-refractivity contribution is -0.383. The van der Waals surface area contributed by atoms with Crippen molar-refractivity contribution >= 4 is 35.3 Å². The van der Waals surface area contributed by atoms with E-state index in [9.17, 15) is 10.1 Å². The highest BCUT2D eigenvalue weighted by Crippen LogP contribution is 2.35. The number of hydrazone groups is 1. The number of benzene rings is 1. The Balaban J connectivity index is 1.61. The van der Waals surface area contributed by atoms with Crippen LogP contribution in [0.15, 0.2) is 52.5 Å². The van der Waals surface area contributed by atoms with Gasteiger partial charge in [-0.2, -0.15) is 5.10 Å². The van der Waals surface area contributed by atoms with Gasteiger partial charge in [-0.05, 0) is 61.6 Å². The van der Waals surface area contributed by atoms with E-state index in [1.807, 2.05) is 0 Å². The van der Waals surface area contributed by atoms with Gasteiger partial charge in [0.15, 0.2) is 0 Å². The monoisotopic (exact) mass is 492 g/mol. The van der Waals surface area contributed by atoms with Gasteiger partial charge in [-0.15, -0.1) is 0 Å². The molecule has 36 heavy (non-hydrogen) atoms. The maximum Gasteiger partial charge on any atom is 0.354 e. The van der Waals surface area contributed by atoms with E-state index in [-0.39, 0.29) is 11.6 Å². The largest absolute Gasteiger partial charge is 0.378 e. The molecule has 3 N–H and O–H groups in total. The van der Waals surface area contributed by atoms with Crippen molar-refractivity contribution in [3.63, 3.8) is 0 Å². The molecule has 2 aliphatic rings. The van der Waals surface area contributed by atoms with Crippen LogP contribution in [-0.4, -0.2) is 65.4 Å². The molecular weight excluding hydrogens is 460 g/mol. The van der Waals surface area contributed by atoms with Crippen LogP contribution < -0.4 is 16.1 Å². The van der Waals surface area contributed by atoms with E-state index in [2.05, 4.69) is 74.5 Å². The van der Waals surface area contributed by atoms with E-state index in [4.69, 9.17) is 10.5 Å². The normalized spacial score (nSPS) is 17.3. The number of aromatic nitrogens is 2. The molecule has 0 amide bonds. The molecule has 2 aromatic rings. The Hall–Kier alpha value is -3.99. The molecule has 0 bridgehead atoms. The number of rotatable bonds is 9. The van der Waals surface area contributed by atoms with Crippen molar-refractivity contribution in [1.82, 2.24) is 14.9 Å². The highest BCUT2D eigenvalue weighted by molar-refractivity contribution is 5.84. The van der Waals surface area contributed by atoms with Crippen LogP contribution in [0.25, 0.3) is 6.08 Å². The van der Waals surface area contributed by atoms with E-state index in [0.29, 0.717) is 13.2 Å². The van der Waals surface area contributed by atoms with Crippen molar-refractivity contribution in [2.24, 2.45) is 5.10 Å². The van der Waals surface area contributed by atoms with Crippen LogP contribution >= 0.6 is 0 Å². The van der Waals surface area contributed by atoms with Crippen LogP contribution in [0, 0.1) is 10.1 Å². The molecule has 11 nitrogen and oxygen atoms in total. The molecule has 1 saturated heterocycles. The van der Waals surface area contributed by atoms with E-state index in [0.717, 1.165) is 55.9 Å². The van der Waals surface area contributed by atoms with E-state index in [1.54, 1.807) is 6.21 Å². The third-order valence-corrected chi connectivity index (χ3v) is 6.39. The number of allylic oxidation sites excluding steroid dienone is 2. The number of ether oxygens (including phenoxy) is 1. The summed E-state index contributed by atoms with van der Waals surface area (Å²) in [6, 6.07) is 8.64. The van der Waals surface area contributed by atoms with Gasteiger partial charge in [-0.25, -0.2) is 9.97 Å². The standard InChI is InChI=1S/C25H32N8O3/c1-3-31(4-2)21-9-5-18(6-10-21)15-19-7-8-20(22(19)32-11-13-36-14-12-32)16-29-30-25-23(33(34)35)24(26)27-17-28-25/h5-6,9-10,15-17H,3-4,7-8,11-14H2,1-2H3,(H3,26,27,28,30). The fraction of sp³-hybridized carbons (Fsp3) is 0.400. The number of nitrogen functional groups attached to an aromatic ring is 1. The van der Waals surface area contributed by atoms with Crippen LogP contribution in [-0.2, 0) is 4.74 Å². The van der Waals surface area contributed by atoms with Gasteiger partial charge in [-0.3, -0.25) is 15.5 Å². The van der Waals surface area contributed by atoms with Crippen LogP contribution in [0.5, 0.6) is 0 Å². The van der Waals surface area contributed by atoms with Crippen molar-refractivity contribution in [1.29, 1.82) is 0 Å². The zero-order chi connectivity index (χ0) is 25.5. The molecule has 190 valence electrons. The Bertz CT molecular complexity index is 1170. The molecule has 1 fully saturated rings. The summed E-state index contributed by atoms with van der Waals surface area (Å²) in [6.07, 6.45) is 6.82. The van der Waals surface area contributed by atoms with Crippen molar-refractivity contribution in [2.75, 3.05) is 55.5 Å². The molecule has 2 heterocycles. The van der Waals surface area contributed by atoms with Gasteiger partial charge in [0, 0.05) is 37.6 Å². The van der Waals surface area contributed by atoms with E-state index < -0.39 is 10.6 Å². The lowest BCUT2D eigenvalue weighted by Crippen LogP contribution is -2.36. The second kappa shape index (κ2) is 11.6. The lowest BCUT2D eigenvalue weighted by atomic mass is 10.1. The number of nitrogens with two attached hydrogens (primary N) is 1. The second-order valence-electron chi connectivity index (χ2n) is 8.49. The highest BCUT2D eigenvalue weighted by Gasteiger charge is 2.26. The molecule has 0 atom stereocenters. The third kappa shape index (κ3) is 5.62. The SMILES string of the molecule is CCN(CC)c1ccc(C=C2CCC(C=NNc3ncnc(N)c3[N+](=O)[O-])=C2N2CCOCC2)cc1. The summed E-state index contributed by atoms with van der Waals surface area (Å²) >= 11 is 0. The van der Waals surface area contributed by atoms with E-state index >= 15 is 0 Å². The average Bonchev–Trinajstić information content (AvgIpc) is 3.28. The van der Waals surface area contributed by atoms with E-state index in [1.165, 1.54) is 17.6 Å². The van der Waals surface area contributed by atoms with Crippen molar-refractivity contribution in [2.45, 2.75) is 26.7 Å². The summed E-state index contributed by atoms with van der Waals surface area (Å²) in [4.78, 5) is 23.0. The molecule has 1 aromatic heterocycles.